The Kier molecular flexibility index (Phi) is 11.7. The van der Waals surface area contributed by atoms with Gasteiger partial charge in [-0.3, -0.25) is 19.2 Å². The van der Waals surface area contributed by atoms with Gasteiger partial charge in [-0.1, -0.05) is 54.4 Å². The second-order valence-corrected chi connectivity index (χ2v) is 14.4. The second-order valence-electron chi connectivity index (χ2n) is 14.4. The fourth-order valence-corrected chi connectivity index (χ4v) is 7.92. The fraction of sp³-hybridized carbons (Fsp3) is 0.879. The molecule has 0 spiro atoms. The molecule has 0 aromatic heterocycles. The highest BCUT2D eigenvalue weighted by molar-refractivity contribution is 5.89. The number of hydrogen-bond donors (Lipinski definition) is 1. The molecule has 8 unspecified atom stereocenters. The van der Waals surface area contributed by atoms with Crippen molar-refractivity contribution in [2.75, 3.05) is 26.7 Å². The van der Waals surface area contributed by atoms with Gasteiger partial charge in [0.05, 0.1) is 11.8 Å². The Morgan fingerprint density at radius 3 is 1.59 bits per heavy atom. The molecule has 0 aromatic carbocycles. The average molecular weight is 576 g/mol. The molecular weight excluding hydrogens is 518 g/mol. The molecule has 2 saturated carbocycles. The van der Waals surface area contributed by atoms with Crippen molar-refractivity contribution in [3.8, 4) is 0 Å². The molecule has 0 radical (unpaired) electrons. The van der Waals surface area contributed by atoms with Crippen molar-refractivity contribution < 1.29 is 24.3 Å². The monoisotopic (exact) mass is 575 g/mol. The Bertz CT molecular complexity index is 936. The van der Waals surface area contributed by atoms with Crippen molar-refractivity contribution in [3.63, 3.8) is 0 Å². The molecule has 8 atom stereocenters. The third-order valence-electron chi connectivity index (χ3n) is 10.6. The molecule has 0 bridgehead atoms. The van der Waals surface area contributed by atoms with Gasteiger partial charge in [-0.05, 0) is 68.1 Å². The van der Waals surface area contributed by atoms with Crippen LogP contribution in [-0.2, 0) is 19.2 Å². The molecule has 8 nitrogen and oxygen atoms in total. The van der Waals surface area contributed by atoms with Gasteiger partial charge >= 0.3 is 5.97 Å². The highest BCUT2D eigenvalue weighted by atomic mass is 16.4. The van der Waals surface area contributed by atoms with Crippen molar-refractivity contribution in [1.82, 2.24) is 14.7 Å². The quantitative estimate of drug-likeness (QED) is 0.453. The zero-order valence-electron chi connectivity index (χ0n) is 27.0. The van der Waals surface area contributed by atoms with Crippen LogP contribution >= 0.6 is 0 Å². The Balaban J connectivity index is 0.000000228. The van der Waals surface area contributed by atoms with Gasteiger partial charge in [0.2, 0.25) is 17.7 Å². The fourth-order valence-electron chi connectivity index (χ4n) is 7.92. The molecule has 41 heavy (non-hydrogen) atoms. The number of rotatable bonds is 7. The molecule has 4 fully saturated rings. The van der Waals surface area contributed by atoms with Gasteiger partial charge in [0.1, 0.15) is 0 Å². The first-order chi connectivity index (χ1) is 19.2. The molecular formula is C33H57N3O5. The van der Waals surface area contributed by atoms with Crippen LogP contribution in [0.15, 0.2) is 0 Å². The van der Waals surface area contributed by atoms with Crippen molar-refractivity contribution in [2.24, 2.45) is 47.3 Å². The van der Waals surface area contributed by atoms with E-state index in [9.17, 15) is 19.2 Å². The number of hydrogen-bond acceptors (Lipinski definition) is 4. The van der Waals surface area contributed by atoms with E-state index in [-0.39, 0.29) is 36.1 Å². The predicted octanol–water partition coefficient (Wildman–Crippen LogP) is 5.15. The first-order valence-corrected chi connectivity index (χ1v) is 16.3. The highest BCUT2D eigenvalue weighted by Crippen LogP contribution is 2.40. The van der Waals surface area contributed by atoms with E-state index in [0.717, 1.165) is 19.3 Å². The number of carboxylic acid groups (broad SMARTS) is 1. The lowest BCUT2D eigenvalue weighted by atomic mass is 9.73. The number of nitrogens with zero attached hydrogens (tertiary/aromatic N) is 3. The lowest BCUT2D eigenvalue weighted by molar-refractivity contribution is -0.141. The van der Waals surface area contributed by atoms with Gasteiger partial charge in [0, 0.05) is 51.6 Å². The van der Waals surface area contributed by atoms with Crippen molar-refractivity contribution in [2.45, 2.75) is 112 Å². The summed E-state index contributed by atoms with van der Waals surface area (Å²) in [6.45, 7) is 17.2. The molecule has 0 aromatic rings. The molecule has 4 rings (SSSR count). The number of carbonyl (C=O) groups is 4. The highest BCUT2D eigenvalue weighted by Gasteiger charge is 2.44. The van der Waals surface area contributed by atoms with Crippen LogP contribution < -0.4 is 0 Å². The van der Waals surface area contributed by atoms with Crippen LogP contribution in [0.5, 0.6) is 0 Å². The molecule has 2 saturated heterocycles. The van der Waals surface area contributed by atoms with Gasteiger partial charge in [-0.2, -0.15) is 0 Å². The summed E-state index contributed by atoms with van der Waals surface area (Å²) >= 11 is 0. The van der Waals surface area contributed by atoms with E-state index in [2.05, 4.69) is 41.5 Å². The Labute approximate surface area is 248 Å². The topological polar surface area (TPSA) is 98.2 Å². The first kappa shape index (κ1) is 33.4. The summed E-state index contributed by atoms with van der Waals surface area (Å²) in [5, 5.41) is 9.10. The van der Waals surface area contributed by atoms with Crippen LogP contribution in [-0.4, -0.2) is 82.3 Å². The summed E-state index contributed by atoms with van der Waals surface area (Å²) in [4.78, 5) is 53.8. The summed E-state index contributed by atoms with van der Waals surface area (Å²) in [7, 11) is 1.83. The van der Waals surface area contributed by atoms with Gasteiger partial charge < -0.3 is 19.8 Å². The SMILES string of the molecule is CC1CCC(C(C)C)C(N2CC(C(=O)O)CC2=O)C1.CCN(C)C(=O)C1CC(=O)N(C2CC(C)CCC2C(C)C)C1. The zero-order chi connectivity index (χ0) is 30.6. The minimum atomic E-state index is -0.833. The third-order valence-corrected chi connectivity index (χ3v) is 10.6. The van der Waals surface area contributed by atoms with Gasteiger partial charge in [-0.25, -0.2) is 0 Å². The first-order valence-electron chi connectivity index (χ1n) is 16.3. The van der Waals surface area contributed by atoms with Crippen LogP contribution in [0, 0.1) is 47.3 Å². The van der Waals surface area contributed by atoms with Crippen LogP contribution in [0.4, 0.5) is 0 Å². The average Bonchev–Trinajstić information content (AvgIpc) is 3.50. The predicted molar refractivity (Wildman–Crippen MR) is 161 cm³/mol. The van der Waals surface area contributed by atoms with Crippen LogP contribution in [0.1, 0.15) is 99.8 Å². The zero-order valence-corrected chi connectivity index (χ0v) is 27.0. The van der Waals surface area contributed by atoms with E-state index in [0.29, 0.717) is 67.6 Å². The summed E-state index contributed by atoms with van der Waals surface area (Å²) in [6.07, 6.45) is 7.57. The van der Waals surface area contributed by atoms with E-state index in [1.165, 1.54) is 19.3 Å². The summed E-state index contributed by atoms with van der Waals surface area (Å²) in [5.41, 5.74) is 0. The normalized spacial score (nSPS) is 34.2. The summed E-state index contributed by atoms with van der Waals surface area (Å²) in [5.74, 6) is 2.45. The van der Waals surface area contributed by atoms with E-state index in [1.807, 2.05) is 23.8 Å². The lowest BCUT2D eigenvalue weighted by Crippen LogP contribution is -2.47. The van der Waals surface area contributed by atoms with E-state index < -0.39 is 11.9 Å². The molecule has 2 aliphatic carbocycles. The molecule has 2 aliphatic heterocycles. The van der Waals surface area contributed by atoms with E-state index in [4.69, 9.17) is 5.11 Å². The summed E-state index contributed by atoms with van der Waals surface area (Å²) in [6, 6.07) is 0.585. The minimum absolute atomic E-state index is 0.0390. The third kappa shape index (κ3) is 8.04. The number of carboxylic acids is 1. The Morgan fingerprint density at radius 1 is 0.805 bits per heavy atom. The maximum absolute atomic E-state index is 12.5. The molecule has 2 heterocycles. The minimum Gasteiger partial charge on any atom is -0.481 e. The van der Waals surface area contributed by atoms with E-state index in [1.54, 1.807) is 4.90 Å². The Hall–Kier alpha value is -2.12. The lowest BCUT2D eigenvalue weighted by Gasteiger charge is -2.42. The molecule has 234 valence electrons. The molecule has 3 amide bonds. The van der Waals surface area contributed by atoms with Crippen LogP contribution in [0.25, 0.3) is 0 Å². The van der Waals surface area contributed by atoms with E-state index >= 15 is 0 Å². The molecule has 8 heteroatoms. The molecule has 1 N–H and O–H groups in total. The van der Waals surface area contributed by atoms with Crippen molar-refractivity contribution >= 4 is 23.7 Å². The summed E-state index contributed by atoms with van der Waals surface area (Å²) < 4.78 is 0. The van der Waals surface area contributed by atoms with Crippen LogP contribution in [0.2, 0.25) is 0 Å². The van der Waals surface area contributed by atoms with Gasteiger partial charge in [0.15, 0.2) is 0 Å². The maximum Gasteiger partial charge on any atom is 0.308 e. The second kappa shape index (κ2) is 14.4. The molecule has 4 aliphatic rings. The maximum atomic E-state index is 12.5. The van der Waals surface area contributed by atoms with Crippen molar-refractivity contribution in [1.29, 1.82) is 0 Å². The smallest absolute Gasteiger partial charge is 0.308 e. The number of aliphatic carboxylic acids is 1. The number of likely N-dealkylation sites (tertiary alicyclic amines) is 2. The number of carbonyl (C=O) groups excluding carboxylic acids is 3. The largest absolute Gasteiger partial charge is 0.481 e. The van der Waals surface area contributed by atoms with Gasteiger partial charge in [0.25, 0.3) is 0 Å². The van der Waals surface area contributed by atoms with Crippen molar-refractivity contribution in [3.05, 3.63) is 0 Å². The van der Waals surface area contributed by atoms with Gasteiger partial charge in [-0.15, -0.1) is 0 Å². The van der Waals surface area contributed by atoms with Crippen LogP contribution in [0.3, 0.4) is 0 Å². The standard InChI is InChI=1S/C18H32N2O2.C15H25NO3/c1-6-19(5)18(22)14-10-17(21)20(11-14)16-9-13(4)7-8-15(16)12(2)3;1-9(2)12-5-4-10(3)6-13(12)16-8-11(15(18)19)7-14(16)17/h12-16H,6-11H2,1-5H3;9-13H,4-8H2,1-3H3,(H,18,19). The Morgan fingerprint density at radius 2 is 1.22 bits per heavy atom. The number of amides is 3.